The highest BCUT2D eigenvalue weighted by molar-refractivity contribution is 5.91. The van der Waals surface area contributed by atoms with E-state index in [2.05, 4.69) is 10.4 Å². The monoisotopic (exact) mass is 379 g/mol. The van der Waals surface area contributed by atoms with Crippen LogP contribution in [-0.4, -0.2) is 28.4 Å². The highest BCUT2D eigenvalue weighted by Crippen LogP contribution is 2.20. The Labute approximate surface area is 162 Å². The predicted octanol–water partition coefficient (Wildman–Crippen LogP) is 4.28. The van der Waals surface area contributed by atoms with Gasteiger partial charge in [0.2, 0.25) is 0 Å². The molecule has 0 fully saturated rings. The van der Waals surface area contributed by atoms with E-state index in [1.165, 1.54) is 0 Å². The second-order valence-electron chi connectivity index (χ2n) is 6.15. The molecular formula is C21H21N3O4. The van der Waals surface area contributed by atoms with Gasteiger partial charge in [-0.15, -0.1) is 0 Å². The van der Waals surface area contributed by atoms with E-state index in [-0.39, 0.29) is 6.61 Å². The summed E-state index contributed by atoms with van der Waals surface area (Å²) in [6, 6.07) is 15.5. The number of carbonyl (C=O) groups is 2. The van der Waals surface area contributed by atoms with Crippen LogP contribution in [0.3, 0.4) is 0 Å². The Balaban J connectivity index is 1.69. The number of aryl methyl sites for hydroxylation is 2. The molecule has 0 unspecified atom stereocenters. The first-order valence-electron chi connectivity index (χ1n) is 8.86. The number of hydrogen-bond acceptors (Lipinski definition) is 5. The molecule has 0 saturated heterocycles. The molecule has 1 amide bonds. The van der Waals surface area contributed by atoms with E-state index >= 15 is 0 Å². The smallest absolute Gasteiger partial charge is 0.411 e. The minimum Gasteiger partial charge on any atom is -0.450 e. The molecule has 1 heterocycles. The summed E-state index contributed by atoms with van der Waals surface area (Å²) >= 11 is 0. The normalized spacial score (nSPS) is 10.4. The maximum Gasteiger partial charge on any atom is 0.411 e. The molecule has 2 aromatic carbocycles. The van der Waals surface area contributed by atoms with Crippen molar-refractivity contribution in [1.29, 1.82) is 0 Å². The summed E-state index contributed by atoms with van der Waals surface area (Å²) in [6.07, 6.45) is -0.564. The molecule has 0 spiro atoms. The topological polar surface area (TPSA) is 82.5 Å². The Morgan fingerprint density at radius 1 is 1.07 bits per heavy atom. The van der Waals surface area contributed by atoms with Gasteiger partial charge in [0.1, 0.15) is 5.75 Å². The number of aromatic nitrogens is 2. The number of benzene rings is 2. The van der Waals surface area contributed by atoms with Crippen molar-refractivity contribution in [2.75, 3.05) is 11.9 Å². The zero-order valence-corrected chi connectivity index (χ0v) is 15.9. The Morgan fingerprint density at radius 3 is 2.46 bits per heavy atom. The summed E-state index contributed by atoms with van der Waals surface area (Å²) in [5.74, 6) is -0.171. The molecule has 3 rings (SSSR count). The number of esters is 1. The van der Waals surface area contributed by atoms with Crippen LogP contribution in [0.25, 0.3) is 5.69 Å². The molecule has 0 atom stereocenters. The van der Waals surface area contributed by atoms with Crippen LogP contribution < -0.4 is 10.1 Å². The van der Waals surface area contributed by atoms with Gasteiger partial charge in [-0.25, -0.2) is 14.3 Å². The Bertz CT molecular complexity index is 993. The number of hydrogen-bond donors (Lipinski definition) is 1. The lowest BCUT2D eigenvalue weighted by atomic mass is 10.2. The van der Waals surface area contributed by atoms with Crippen molar-refractivity contribution >= 4 is 17.7 Å². The number of rotatable bonds is 5. The molecule has 1 aromatic heterocycles. The lowest BCUT2D eigenvalue weighted by molar-refractivity contribution is 0.0735. The number of ether oxygens (including phenoxy) is 2. The minimum atomic E-state index is -0.564. The number of amides is 1. The van der Waals surface area contributed by atoms with Crippen LogP contribution in [-0.2, 0) is 4.74 Å². The van der Waals surface area contributed by atoms with Crippen molar-refractivity contribution in [3.63, 3.8) is 0 Å². The van der Waals surface area contributed by atoms with Gasteiger partial charge in [-0.05, 0) is 63.2 Å². The summed E-state index contributed by atoms with van der Waals surface area (Å²) in [5.41, 5.74) is 3.69. The number of nitrogens with one attached hydrogen (secondary N) is 1. The molecule has 0 aliphatic carbocycles. The molecule has 28 heavy (non-hydrogen) atoms. The molecule has 0 radical (unpaired) electrons. The van der Waals surface area contributed by atoms with Crippen LogP contribution in [0, 0.1) is 13.8 Å². The van der Waals surface area contributed by atoms with E-state index in [9.17, 15) is 9.59 Å². The molecule has 0 saturated carbocycles. The van der Waals surface area contributed by atoms with E-state index in [1.54, 1.807) is 43.3 Å². The Morgan fingerprint density at radius 2 is 1.82 bits per heavy atom. The number of carbonyl (C=O) groups excluding carboxylic acids is 2. The molecule has 0 aliphatic heterocycles. The van der Waals surface area contributed by atoms with E-state index in [1.807, 2.05) is 36.7 Å². The summed E-state index contributed by atoms with van der Waals surface area (Å²) in [4.78, 5) is 23.9. The van der Waals surface area contributed by atoms with E-state index in [4.69, 9.17) is 9.47 Å². The summed E-state index contributed by atoms with van der Waals surface area (Å²) in [6.45, 7) is 5.89. The van der Waals surface area contributed by atoms with Gasteiger partial charge in [-0.2, -0.15) is 5.10 Å². The van der Waals surface area contributed by atoms with Gasteiger partial charge in [0.25, 0.3) is 0 Å². The first-order valence-corrected chi connectivity index (χ1v) is 8.86. The van der Waals surface area contributed by atoms with E-state index in [0.29, 0.717) is 17.0 Å². The molecule has 0 bridgehead atoms. The number of anilines is 1. The fourth-order valence-electron chi connectivity index (χ4n) is 2.72. The SMILES string of the molecule is CCOC(=O)Nc1cccc(OC(=O)c2ccc(-n3nc(C)cc3C)cc2)c1. The average Bonchev–Trinajstić information content (AvgIpc) is 3.00. The lowest BCUT2D eigenvalue weighted by Crippen LogP contribution is -2.13. The van der Waals surface area contributed by atoms with Gasteiger partial charge in [0, 0.05) is 17.4 Å². The van der Waals surface area contributed by atoms with Gasteiger partial charge >= 0.3 is 12.1 Å². The van der Waals surface area contributed by atoms with Crippen LogP contribution in [0.2, 0.25) is 0 Å². The minimum absolute atomic E-state index is 0.272. The fraction of sp³-hybridized carbons (Fsp3) is 0.190. The third kappa shape index (κ3) is 4.56. The maximum absolute atomic E-state index is 12.4. The molecule has 0 aliphatic rings. The largest absolute Gasteiger partial charge is 0.450 e. The van der Waals surface area contributed by atoms with Gasteiger partial charge in [-0.1, -0.05) is 6.07 Å². The summed E-state index contributed by atoms with van der Waals surface area (Å²) in [5, 5.41) is 6.99. The molecule has 1 N–H and O–H groups in total. The standard InChI is InChI=1S/C21H21N3O4/c1-4-27-21(26)22-17-6-5-7-19(13-17)28-20(25)16-8-10-18(11-9-16)24-15(3)12-14(2)23-24/h5-13H,4H2,1-3H3,(H,22,26). The van der Waals surface area contributed by atoms with Crippen molar-refractivity contribution in [2.24, 2.45) is 0 Å². The summed E-state index contributed by atoms with van der Waals surface area (Å²) < 4.78 is 12.0. The van der Waals surface area contributed by atoms with Gasteiger partial charge in [0.15, 0.2) is 0 Å². The zero-order chi connectivity index (χ0) is 20.1. The third-order valence-corrected chi connectivity index (χ3v) is 3.92. The van der Waals surface area contributed by atoms with E-state index < -0.39 is 12.1 Å². The first kappa shape index (κ1) is 19.2. The van der Waals surface area contributed by atoms with Crippen LogP contribution in [0.4, 0.5) is 10.5 Å². The van der Waals surface area contributed by atoms with E-state index in [0.717, 1.165) is 17.1 Å². The van der Waals surface area contributed by atoms with Crippen LogP contribution in [0.1, 0.15) is 28.7 Å². The van der Waals surface area contributed by atoms with Crippen molar-refractivity contribution in [2.45, 2.75) is 20.8 Å². The molecule has 144 valence electrons. The fourth-order valence-corrected chi connectivity index (χ4v) is 2.72. The first-order chi connectivity index (χ1) is 13.5. The van der Waals surface area contributed by atoms with Gasteiger partial charge < -0.3 is 9.47 Å². The maximum atomic E-state index is 12.4. The van der Waals surface area contributed by atoms with Crippen molar-refractivity contribution in [3.8, 4) is 11.4 Å². The lowest BCUT2D eigenvalue weighted by Gasteiger charge is -2.09. The molecule has 7 nitrogen and oxygen atoms in total. The predicted molar refractivity (Wildman–Crippen MR) is 105 cm³/mol. The van der Waals surface area contributed by atoms with Gasteiger partial charge in [-0.3, -0.25) is 5.32 Å². The van der Waals surface area contributed by atoms with Crippen molar-refractivity contribution in [1.82, 2.24) is 9.78 Å². The van der Waals surface area contributed by atoms with Crippen molar-refractivity contribution < 1.29 is 19.1 Å². The quantitative estimate of drug-likeness (QED) is 0.529. The van der Waals surface area contributed by atoms with Crippen molar-refractivity contribution in [3.05, 3.63) is 71.5 Å². The Kier molecular flexibility index (Phi) is 5.74. The van der Waals surface area contributed by atoms with Crippen LogP contribution in [0.5, 0.6) is 5.75 Å². The molecule has 7 heteroatoms. The summed E-state index contributed by atoms with van der Waals surface area (Å²) in [7, 11) is 0. The average molecular weight is 379 g/mol. The van der Waals surface area contributed by atoms with Gasteiger partial charge in [0.05, 0.1) is 23.6 Å². The Hall–Kier alpha value is -3.61. The molecular weight excluding hydrogens is 358 g/mol. The number of nitrogens with zero attached hydrogens (tertiary/aromatic N) is 2. The van der Waals surface area contributed by atoms with Crippen LogP contribution >= 0.6 is 0 Å². The highest BCUT2D eigenvalue weighted by atomic mass is 16.5. The highest BCUT2D eigenvalue weighted by Gasteiger charge is 2.11. The second kappa shape index (κ2) is 8.39. The second-order valence-corrected chi connectivity index (χ2v) is 6.15. The zero-order valence-electron chi connectivity index (χ0n) is 15.9. The van der Waals surface area contributed by atoms with Crippen LogP contribution in [0.15, 0.2) is 54.6 Å². The molecule has 3 aromatic rings. The third-order valence-electron chi connectivity index (χ3n) is 3.92.